The lowest BCUT2D eigenvalue weighted by Crippen LogP contribution is -2.15. The topological polar surface area (TPSA) is 194 Å². The van der Waals surface area contributed by atoms with E-state index >= 15 is 0 Å². The van der Waals surface area contributed by atoms with E-state index in [4.69, 9.17) is 4.74 Å². The zero-order chi connectivity index (χ0) is 41.8. The van der Waals surface area contributed by atoms with Gasteiger partial charge in [-0.3, -0.25) is 19.8 Å². The van der Waals surface area contributed by atoms with Gasteiger partial charge in [0.2, 0.25) is 0 Å². The first kappa shape index (κ1) is 39.9. The minimum atomic E-state index is -2.99. The van der Waals surface area contributed by atoms with Crippen molar-refractivity contribution in [2.45, 2.75) is 41.1 Å². The van der Waals surface area contributed by atoms with Crippen LogP contribution >= 0.6 is 23.5 Å². The van der Waals surface area contributed by atoms with Gasteiger partial charge in [-0.2, -0.15) is 38.0 Å². The molecule has 9 rings (SSSR count). The lowest BCUT2D eigenvalue weighted by Gasteiger charge is -2.13. The first-order chi connectivity index (χ1) is 29.1. The van der Waals surface area contributed by atoms with Gasteiger partial charge in [-0.1, -0.05) is 0 Å². The van der Waals surface area contributed by atoms with Gasteiger partial charge in [0.15, 0.2) is 22.7 Å². The zero-order valence-corrected chi connectivity index (χ0v) is 32.6. The summed E-state index contributed by atoms with van der Waals surface area (Å²) in [6.07, 6.45) is 12.8. The van der Waals surface area contributed by atoms with Crippen LogP contribution in [0.2, 0.25) is 0 Å². The molecule has 1 aliphatic rings. The number of H-pyrrole nitrogens is 2. The van der Waals surface area contributed by atoms with E-state index in [0.717, 1.165) is 22.6 Å². The van der Waals surface area contributed by atoms with Crippen molar-refractivity contribution in [2.24, 2.45) is 0 Å². The average molecular weight is 859 g/mol. The molecule has 0 aliphatic heterocycles. The Morgan fingerprint density at radius 2 is 1.20 bits per heavy atom. The number of nitrogens with zero attached hydrogens (tertiary/aromatic N) is 8. The van der Waals surface area contributed by atoms with E-state index in [2.05, 4.69) is 55.9 Å². The van der Waals surface area contributed by atoms with Crippen LogP contribution in [-0.2, 0) is 0 Å². The molecule has 306 valence electrons. The summed E-state index contributed by atoms with van der Waals surface area (Å²) in [6, 6.07) is 16.7. The quantitative estimate of drug-likeness (QED) is 0.0647. The number of halogens is 4. The number of alkyl halides is 4. The van der Waals surface area contributed by atoms with E-state index < -0.39 is 25.0 Å². The number of anilines is 2. The Kier molecular flexibility index (Phi) is 11.6. The van der Waals surface area contributed by atoms with Crippen molar-refractivity contribution in [3.05, 3.63) is 109 Å². The van der Waals surface area contributed by atoms with E-state index in [-0.39, 0.29) is 22.9 Å². The number of nitrogens with one attached hydrogen (secondary N) is 4. The number of imidazole rings is 2. The summed E-state index contributed by atoms with van der Waals surface area (Å²) in [5.74, 6) is -0.981. The Labute approximate surface area is 344 Å². The van der Waals surface area contributed by atoms with Gasteiger partial charge in [0.1, 0.15) is 11.5 Å². The van der Waals surface area contributed by atoms with Gasteiger partial charge in [-0.15, -0.1) is 23.5 Å². The molecule has 1 saturated carbocycles. The molecule has 6 aromatic heterocycles. The highest BCUT2D eigenvalue weighted by molar-refractivity contribution is 8.00. The van der Waals surface area contributed by atoms with Crippen LogP contribution in [0.25, 0.3) is 33.8 Å². The maximum absolute atomic E-state index is 13.0. The number of benzene rings is 2. The number of ether oxygens (including phenoxy) is 2. The SMILES string of the molecule is CSc1ccc(OC(F)F)c(-c2[nH]ncc2NC(=O)c2cnc3cccnn23)c1.O=C(Nc1cn[nH]c1-c1cc(SC2CC2)ccc1OC(F)F)c1cnc2cccnn12. The molecule has 2 aromatic carbocycles. The summed E-state index contributed by atoms with van der Waals surface area (Å²) in [5, 5.41) is 27.7. The smallest absolute Gasteiger partial charge is 0.387 e. The van der Waals surface area contributed by atoms with Crippen LogP contribution in [0.5, 0.6) is 11.5 Å². The largest absolute Gasteiger partial charge is 0.434 e. The van der Waals surface area contributed by atoms with Crippen molar-refractivity contribution in [1.29, 1.82) is 0 Å². The van der Waals surface area contributed by atoms with Crippen molar-refractivity contribution in [1.82, 2.24) is 49.6 Å². The van der Waals surface area contributed by atoms with Gasteiger partial charge in [-0.05, 0) is 79.8 Å². The molecule has 16 nitrogen and oxygen atoms in total. The van der Waals surface area contributed by atoms with Crippen LogP contribution in [0.3, 0.4) is 0 Å². The van der Waals surface area contributed by atoms with Crippen LogP contribution in [-0.4, -0.2) is 86.1 Å². The van der Waals surface area contributed by atoms with E-state index in [1.165, 1.54) is 63.9 Å². The van der Waals surface area contributed by atoms with Gasteiger partial charge in [0.25, 0.3) is 11.8 Å². The summed E-state index contributed by atoms with van der Waals surface area (Å²) in [7, 11) is 0. The minimum Gasteiger partial charge on any atom is -0.434 e. The second-order valence-corrected chi connectivity index (χ2v) is 14.9. The number of hydrogen-bond acceptors (Lipinski definition) is 12. The maximum atomic E-state index is 13.0. The number of carbonyl (C=O) groups excluding carboxylic acids is 2. The summed E-state index contributed by atoms with van der Waals surface area (Å²) in [6.45, 7) is -5.97. The highest BCUT2D eigenvalue weighted by atomic mass is 32.2. The molecule has 6 heterocycles. The predicted octanol–water partition coefficient (Wildman–Crippen LogP) is 7.92. The van der Waals surface area contributed by atoms with Gasteiger partial charge < -0.3 is 20.1 Å². The van der Waals surface area contributed by atoms with Crippen LogP contribution in [0.15, 0.2) is 108 Å². The van der Waals surface area contributed by atoms with Gasteiger partial charge in [0.05, 0.1) is 47.6 Å². The predicted molar refractivity (Wildman–Crippen MR) is 214 cm³/mol. The second kappa shape index (κ2) is 17.5. The Balaban J connectivity index is 0.000000167. The van der Waals surface area contributed by atoms with Crippen molar-refractivity contribution in [2.75, 3.05) is 16.9 Å². The molecular formula is C38H30F4N12O4S2. The Morgan fingerprint density at radius 1 is 0.717 bits per heavy atom. The fourth-order valence-electron chi connectivity index (χ4n) is 5.90. The number of carbonyl (C=O) groups is 2. The number of hydrogen-bond donors (Lipinski definition) is 4. The molecule has 22 heteroatoms. The number of rotatable bonds is 13. The standard InChI is InChI=1S/C20H16F2N6O2S.C18H14F2N6O2S/c21-20(22)30-16-6-5-12(31-11-3-4-11)8-13(16)18-14(9-24-27-18)26-19(29)15-10-23-17-2-1-7-25-28(15)17;1-29-10-4-5-14(28-18(19)20)11(7-10)16-12(8-22-25-16)24-17(27)13-9-21-15-3-2-6-23-26(13)15/h1-2,5-11,20H,3-4H2,(H,24,27)(H,26,29);2-9,18H,1H3,(H,22,25)(H,24,27). The van der Waals surface area contributed by atoms with Crippen LogP contribution in [0.4, 0.5) is 28.9 Å². The first-order valence-corrected chi connectivity index (χ1v) is 19.9. The molecule has 2 amide bonds. The van der Waals surface area contributed by atoms with E-state index in [0.29, 0.717) is 50.4 Å². The lowest BCUT2D eigenvalue weighted by atomic mass is 10.1. The molecule has 0 radical (unpaired) electrons. The first-order valence-electron chi connectivity index (χ1n) is 17.8. The Hall–Kier alpha value is -6.94. The minimum absolute atomic E-state index is 0.00800. The lowest BCUT2D eigenvalue weighted by molar-refractivity contribution is -0.0501. The van der Waals surface area contributed by atoms with Gasteiger partial charge in [-0.25, -0.2) is 19.0 Å². The third-order valence-corrected chi connectivity index (χ3v) is 10.8. The third-order valence-electron chi connectivity index (χ3n) is 8.73. The molecule has 0 spiro atoms. The average Bonchev–Trinajstić information content (AvgIpc) is 3.63. The molecule has 0 bridgehead atoms. The molecular weight excluding hydrogens is 829 g/mol. The zero-order valence-electron chi connectivity index (χ0n) is 30.9. The summed E-state index contributed by atoms with van der Waals surface area (Å²) in [5.41, 5.74) is 3.55. The fourth-order valence-corrected chi connectivity index (χ4v) is 7.43. The molecule has 1 fully saturated rings. The number of thioether (sulfide) groups is 2. The summed E-state index contributed by atoms with van der Waals surface area (Å²) < 4.78 is 63.7. The summed E-state index contributed by atoms with van der Waals surface area (Å²) in [4.78, 5) is 35.6. The molecule has 4 N–H and O–H groups in total. The van der Waals surface area contributed by atoms with E-state index in [9.17, 15) is 27.2 Å². The molecule has 0 saturated heterocycles. The number of fused-ring (bicyclic) bond motifs is 2. The van der Waals surface area contributed by atoms with Crippen LogP contribution in [0.1, 0.15) is 33.8 Å². The fraction of sp³-hybridized carbons (Fsp3) is 0.158. The number of aromatic nitrogens is 10. The third kappa shape index (κ3) is 8.88. The molecule has 0 atom stereocenters. The van der Waals surface area contributed by atoms with Gasteiger partial charge >= 0.3 is 13.2 Å². The Bertz CT molecular complexity index is 2810. The second-order valence-electron chi connectivity index (χ2n) is 12.7. The summed E-state index contributed by atoms with van der Waals surface area (Å²) >= 11 is 3.13. The Morgan fingerprint density at radius 3 is 1.67 bits per heavy atom. The number of aromatic amines is 2. The number of amides is 2. The molecule has 1 aliphatic carbocycles. The molecule has 8 aromatic rings. The highest BCUT2D eigenvalue weighted by Gasteiger charge is 2.25. The van der Waals surface area contributed by atoms with E-state index in [1.54, 1.807) is 66.5 Å². The normalized spacial score (nSPS) is 12.4. The monoisotopic (exact) mass is 858 g/mol. The van der Waals surface area contributed by atoms with Crippen molar-refractivity contribution in [3.63, 3.8) is 0 Å². The van der Waals surface area contributed by atoms with Crippen LogP contribution in [0, 0.1) is 0 Å². The highest BCUT2D eigenvalue weighted by Crippen LogP contribution is 2.43. The maximum Gasteiger partial charge on any atom is 0.387 e. The van der Waals surface area contributed by atoms with Crippen molar-refractivity contribution in [3.8, 4) is 34.0 Å². The van der Waals surface area contributed by atoms with Crippen molar-refractivity contribution >= 4 is 58.0 Å². The van der Waals surface area contributed by atoms with Gasteiger partial charge in [0, 0.05) is 38.6 Å². The van der Waals surface area contributed by atoms with Crippen molar-refractivity contribution < 1.29 is 36.6 Å². The van der Waals surface area contributed by atoms with E-state index in [1.807, 2.05) is 6.26 Å². The van der Waals surface area contributed by atoms with Crippen LogP contribution < -0.4 is 20.1 Å². The molecule has 60 heavy (non-hydrogen) atoms. The molecule has 0 unspecified atom stereocenters.